The minimum Gasteiger partial charge on any atom is -0.483 e. The highest BCUT2D eigenvalue weighted by Gasteiger charge is 2.15. The van der Waals surface area contributed by atoms with Crippen molar-refractivity contribution in [1.29, 1.82) is 0 Å². The normalized spacial score (nSPS) is 9.96. The van der Waals surface area contributed by atoms with E-state index >= 15 is 0 Å². The van der Waals surface area contributed by atoms with Gasteiger partial charge >= 0.3 is 6.03 Å². The maximum absolute atomic E-state index is 11.7. The van der Waals surface area contributed by atoms with Gasteiger partial charge in [-0.3, -0.25) is 20.2 Å². The van der Waals surface area contributed by atoms with Crippen LogP contribution in [0.5, 0.6) is 5.75 Å². The average molecular weight is 343 g/mol. The number of nitrogens with zero attached hydrogens (tertiary/aromatic N) is 1. The van der Waals surface area contributed by atoms with Gasteiger partial charge in [0.25, 0.3) is 11.6 Å². The molecule has 25 heavy (non-hydrogen) atoms. The van der Waals surface area contributed by atoms with Gasteiger partial charge in [-0.25, -0.2) is 4.79 Å². The molecule has 130 valence electrons. The molecule has 0 saturated heterocycles. The quantitative estimate of drug-likeness (QED) is 0.618. The van der Waals surface area contributed by atoms with Crippen LogP contribution in [-0.2, 0) is 11.3 Å². The van der Waals surface area contributed by atoms with Gasteiger partial charge < -0.3 is 10.1 Å². The number of nitro groups is 1. The molecule has 0 saturated carbocycles. The number of hydrogen-bond donors (Lipinski definition) is 2. The average Bonchev–Trinajstić information content (AvgIpc) is 2.59. The summed E-state index contributed by atoms with van der Waals surface area (Å²) in [6.45, 7) is 1.38. The molecule has 3 amide bonds. The van der Waals surface area contributed by atoms with Crippen LogP contribution < -0.4 is 15.4 Å². The highest BCUT2D eigenvalue weighted by Crippen LogP contribution is 2.26. The Morgan fingerprint density at radius 2 is 1.84 bits per heavy atom. The number of hydrogen-bond acceptors (Lipinski definition) is 5. The second kappa shape index (κ2) is 8.44. The van der Waals surface area contributed by atoms with Crippen molar-refractivity contribution < 1.29 is 19.2 Å². The minimum atomic E-state index is -0.656. The molecular formula is C17H17N3O5. The van der Waals surface area contributed by atoms with E-state index in [1.165, 1.54) is 25.1 Å². The largest absolute Gasteiger partial charge is 0.483 e. The summed E-state index contributed by atoms with van der Waals surface area (Å²) in [5.74, 6) is -0.439. The Hall–Kier alpha value is -3.42. The fraction of sp³-hybridized carbons (Fsp3) is 0.176. The first kappa shape index (κ1) is 17.9. The van der Waals surface area contributed by atoms with Crippen LogP contribution in [0.2, 0.25) is 0 Å². The Kier molecular flexibility index (Phi) is 6.05. The van der Waals surface area contributed by atoms with E-state index in [2.05, 4.69) is 10.6 Å². The fourth-order valence-electron chi connectivity index (χ4n) is 2.09. The molecule has 0 atom stereocenters. The Balaban J connectivity index is 1.81. The maximum atomic E-state index is 11.7. The van der Waals surface area contributed by atoms with Crippen molar-refractivity contribution in [2.24, 2.45) is 0 Å². The topological polar surface area (TPSA) is 111 Å². The molecule has 2 aromatic carbocycles. The molecule has 2 aromatic rings. The number of ether oxygens (including phenoxy) is 1. The summed E-state index contributed by atoms with van der Waals surface area (Å²) < 4.78 is 5.26. The lowest BCUT2D eigenvalue weighted by Gasteiger charge is -2.10. The zero-order valence-corrected chi connectivity index (χ0v) is 13.5. The highest BCUT2D eigenvalue weighted by molar-refractivity contribution is 5.95. The summed E-state index contributed by atoms with van der Waals surface area (Å²) in [5, 5.41) is 15.5. The second-order valence-corrected chi connectivity index (χ2v) is 5.16. The highest BCUT2D eigenvalue weighted by atomic mass is 16.6. The molecule has 0 spiro atoms. The predicted octanol–water partition coefficient (Wildman–Crippen LogP) is 2.31. The van der Waals surface area contributed by atoms with Crippen molar-refractivity contribution in [3.05, 3.63) is 69.8 Å². The van der Waals surface area contributed by atoms with E-state index in [1.54, 1.807) is 0 Å². The molecule has 8 nitrogen and oxygen atoms in total. The van der Waals surface area contributed by atoms with Gasteiger partial charge in [-0.2, -0.15) is 0 Å². The van der Waals surface area contributed by atoms with Gasteiger partial charge in [0, 0.05) is 12.6 Å². The van der Waals surface area contributed by atoms with Crippen LogP contribution in [0, 0.1) is 17.0 Å². The van der Waals surface area contributed by atoms with E-state index in [0.29, 0.717) is 5.56 Å². The molecule has 0 aliphatic rings. The van der Waals surface area contributed by atoms with Crippen molar-refractivity contribution in [3.8, 4) is 5.75 Å². The number of imide groups is 1. The van der Waals surface area contributed by atoms with Gasteiger partial charge in [0.2, 0.25) is 0 Å². The van der Waals surface area contributed by atoms with Gasteiger partial charge in [-0.15, -0.1) is 0 Å². The van der Waals surface area contributed by atoms with Crippen LogP contribution >= 0.6 is 0 Å². The Morgan fingerprint density at radius 3 is 2.52 bits per heavy atom. The van der Waals surface area contributed by atoms with E-state index in [4.69, 9.17) is 4.74 Å². The molecule has 0 unspecified atom stereocenters. The van der Waals surface area contributed by atoms with Crippen molar-refractivity contribution in [2.45, 2.75) is 13.5 Å². The third-order valence-electron chi connectivity index (χ3n) is 3.36. The minimum absolute atomic E-state index is 0.0986. The lowest BCUT2D eigenvalue weighted by Crippen LogP contribution is -2.41. The summed E-state index contributed by atoms with van der Waals surface area (Å²) in [6.07, 6.45) is 0. The van der Waals surface area contributed by atoms with Crippen molar-refractivity contribution >= 4 is 17.6 Å². The zero-order valence-electron chi connectivity index (χ0n) is 13.5. The molecule has 0 heterocycles. The zero-order chi connectivity index (χ0) is 18.2. The molecular weight excluding hydrogens is 326 g/mol. The molecule has 0 aliphatic carbocycles. The first-order chi connectivity index (χ1) is 12.0. The molecule has 0 radical (unpaired) electrons. The van der Waals surface area contributed by atoms with Gasteiger partial charge in [-0.1, -0.05) is 36.4 Å². The third kappa shape index (κ3) is 5.31. The second-order valence-electron chi connectivity index (χ2n) is 5.16. The van der Waals surface area contributed by atoms with Crippen LogP contribution in [-0.4, -0.2) is 23.5 Å². The predicted molar refractivity (Wildman–Crippen MR) is 90.1 cm³/mol. The Labute approximate surface area is 144 Å². The van der Waals surface area contributed by atoms with E-state index in [-0.39, 0.29) is 18.0 Å². The number of rotatable bonds is 6. The van der Waals surface area contributed by atoms with Crippen LogP contribution in [0.1, 0.15) is 11.1 Å². The van der Waals surface area contributed by atoms with Crippen molar-refractivity contribution in [3.63, 3.8) is 0 Å². The van der Waals surface area contributed by atoms with Crippen LogP contribution in [0.25, 0.3) is 0 Å². The summed E-state index contributed by atoms with van der Waals surface area (Å²) in [7, 11) is 0. The van der Waals surface area contributed by atoms with Gasteiger partial charge in [-0.05, 0) is 18.6 Å². The number of benzene rings is 2. The number of amides is 3. The van der Waals surface area contributed by atoms with Crippen LogP contribution in [0.4, 0.5) is 10.5 Å². The smallest absolute Gasteiger partial charge is 0.321 e. The van der Waals surface area contributed by atoms with E-state index in [0.717, 1.165) is 5.56 Å². The van der Waals surface area contributed by atoms with Crippen LogP contribution in [0.15, 0.2) is 48.5 Å². The SMILES string of the molecule is Cc1c(OCC(=O)NC(=O)NCc2ccccc2)cccc1[N+](=O)[O-]. The maximum Gasteiger partial charge on any atom is 0.321 e. The first-order valence-corrected chi connectivity index (χ1v) is 7.46. The van der Waals surface area contributed by atoms with E-state index in [1.807, 2.05) is 30.3 Å². The Bertz CT molecular complexity index is 777. The lowest BCUT2D eigenvalue weighted by molar-refractivity contribution is -0.385. The molecule has 0 fully saturated rings. The monoisotopic (exact) mass is 343 g/mol. The molecule has 0 aromatic heterocycles. The van der Waals surface area contributed by atoms with Gasteiger partial charge in [0.1, 0.15) is 5.75 Å². The standard InChI is InChI=1S/C17H17N3O5/c1-12-14(20(23)24)8-5-9-15(12)25-11-16(21)19-17(22)18-10-13-6-3-2-4-7-13/h2-9H,10-11H2,1H3,(H2,18,19,21,22). The molecule has 2 N–H and O–H groups in total. The van der Waals surface area contributed by atoms with Gasteiger partial charge in [0.15, 0.2) is 6.61 Å². The van der Waals surface area contributed by atoms with Gasteiger partial charge in [0.05, 0.1) is 10.5 Å². The van der Waals surface area contributed by atoms with E-state index < -0.39 is 23.5 Å². The molecule has 0 bridgehead atoms. The third-order valence-corrected chi connectivity index (χ3v) is 3.36. The fourth-order valence-corrected chi connectivity index (χ4v) is 2.09. The number of carbonyl (C=O) groups is 2. The van der Waals surface area contributed by atoms with E-state index in [9.17, 15) is 19.7 Å². The summed E-state index contributed by atoms with van der Waals surface area (Å²) in [6, 6.07) is 12.9. The lowest BCUT2D eigenvalue weighted by atomic mass is 10.2. The van der Waals surface area contributed by atoms with Crippen molar-refractivity contribution in [2.75, 3.05) is 6.61 Å². The number of nitro benzene ring substituents is 1. The molecule has 0 aliphatic heterocycles. The molecule has 2 rings (SSSR count). The number of urea groups is 1. The van der Waals surface area contributed by atoms with Crippen LogP contribution in [0.3, 0.4) is 0 Å². The summed E-state index contributed by atoms with van der Waals surface area (Å²) in [4.78, 5) is 33.7. The summed E-state index contributed by atoms with van der Waals surface area (Å²) in [5.41, 5.74) is 1.11. The first-order valence-electron chi connectivity index (χ1n) is 7.46. The Morgan fingerprint density at radius 1 is 1.12 bits per heavy atom. The summed E-state index contributed by atoms with van der Waals surface area (Å²) >= 11 is 0. The number of carbonyl (C=O) groups excluding carboxylic acids is 2. The van der Waals surface area contributed by atoms with Crippen molar-refractivity contribution in [1.82, 2.24) is 10.6 Å². The number of nitrogens with one attached hydrogen (secondary N) is 2. The molecule has 8 heteroatoms.